The first-order chi connectivity index (χ1) is 9.76. The molecule has 1 aromatic rings. The van der Waals surface area contributed by atoms with Gasteiger partial charge in [0, 0.05) is 24.8 Å². The lowest BCUT2D eigenvalue weighted by Crippen LogP contribution is -2.09. The molecule has 4 nitrogen and oxygen atoms in total. The molecule has 20 heavy (non-hydrogen) atoms. The molecule has 0 aliphatic rings. The maximum Gasteiger partial charge on any atom is 0.224 e. The minimum atomic E-state index is 0.747. The number of aromatic nitrogens is 2. The minimum absolute atomic E-state index is 0.747. The largest absolute Gasteiger partial charge is 0.370 e. The van der Waals surface area contributed by atoms with E-state index in [1.54, 1.807) is 0 Å². The first kappa shape index (κ1) is 16.7. The zero-order valence-corrected chi connectivity index (χ0v) is 13.3. The average Bonchev–Trinajstić information content (AvgIpc) is 2.43. The Kier molecular flexibility index (Phi) is 8.76. The molecule has 4 heteroatoms. The monoisotopic (exact) mass is 278 g/mol. The molecular formula is C16H30N4. The minimum Gasteiger partial charge on any atom is -0.370 e. The van der Waals surface area contributed by atoms with Gasteiger partial charge in [-0.05, 0) is 19.8 Å². The van der Waals surface area contributed by atoms with Crippen LogP contribution in [-0.4, -0.2) is 23.1 Å². The van der Waals surface area contributed by atoms with Crippen LogP contribution >= 0.6 is 0 Å². The van der Waals surface area contributed by atoms with Crippen molar-refractivity contribution in [3.8, 4) is 0 Å². The zero-order chi connectivity index (χ0) is 14.6. The van der Waals surface area contributed by atoms with Crippen LogP contribution in [0.15, 0.2) is 6.07 Å². The van der Waals surface area contributed by atoms with Gasteiger partial charge in [0.1, 0.15) is 5.82 Å². The summed E-state index contributed by atoms with van der Waals surface area (Å²) in [5.74, 6) is 1.67. The fourth-order valence-corrected chi connectivity index (χ4v) is 2.10. The van der Waals surface area contributed by atoms with Crippen LogP contribution in [0.25, 0.3) is 0 Å². The first-order valence-electron chi connectivity index (χ1n) is 8.09. The van der Waals surface area contributed by atoms with Gasteiger partial charge in [-0.3, -0.25) is 0 Å². The SMILES string of the molecule is CCCCCCCCNc1nc(C)cc(NCCC)n1. The highest BCUT2D eigenvalue weighted by molar-refractivity contribution is 5.41. The summed E-state index contributed by atoms with van der Waals surface area (Å²) in [5.41, 5.74) is 1.00. The molecule has 0 saturated heterocycles. The first-order valence-corrected chi connectivity index (χ1v) is 8.09. The van der Waals surface area contributed by atoms with Crippen molar-refractivity contribution in [2.45, 2.75) is 65.7 Å². The van der Waals surface area contributed by atoms with Crippen LogP contribution in [0.3, 0.4) is 0 Å². The van der Waals surface area contributed by atoms with E-state index in [-0.39, 0.29) is 0 Å². The van der Waals surface area contributed by atoms with E-state index in [0.717, 1.165) is 37.0 Å². The molecule has 114 valence electrons. The quantitative estimate of drug-likeness (QED) is 0.590. The van der Waals surface area contributed by atoms with E-state index in [0.29, 0.717) is 0 Å². The van der Waals surface area contributed by atoms with Crippen molar-refractivity contribution in [2.24, 2.45) is 0 Å². The smallest absolute Gasteiger partial charge is 0.224 e. The molecule has 0 spiro atoms. The second-order valence-corrected chi connectivity index (χ2v) is 5.34. The number of anilines is 2. The highest BCUT2D eigenvalue weighted by atomic mass is 15.1. The Labute approximate surface area is 123 Å². The maximum atomic E-state index is 4.48. The third kappa shape index (κ3) is 7.31. The van der Waals surface area contributed by atoms with Gasteiger partial charge in [-0.2, -0.15) is 4.98 Å². The van der Waals surface area contributed by atoms with Crippen molar-refractivity contribution >= 4 is 11.8 Å². The number of nitrogens with zero attached hydrogens (tertiary/aromatic N) is 2. The molecule has 1 aromatic heterocycles. The van der Waals surface area contributed by atoms with Gasteiger partial charge in [0.2, 0.25) is 5.95 Å². The molecule has 1 heterocycles. The fourth-order valence-electron chi connectivity index (χ4n) is 2.10. The van der Waals surface area contributed by atoms with Gasteiger partial charge >= 0.3 is 0 Å². The molecule has 0 aliphatic carbocycles. The van der Waals surface area contributed by atoms with Gasteiger partial charge in [0.25, 0.3) is 0 Å². The van der Waals surface area contributed by atoms with E-state index in [2.05, 4.69) is 34.4 Å². The lowest BCUT2D eigenvalue weighted by atomic mass is 10.1. The third-order valence-electron chi connectivity index (χ3n) is 3.22. The topological polar surface area (TPSA) is 49.8 Å². The highest BCUT2D eigenvalue weighted by Crippen LogP contribution is 2.10. The number of hydrogen-bond donors (Lipinski definition) is 2. The molecule has 0 aromatic carbocycles. The Bertz CT molecular complexity index is 365. The van der Waals surface area contributed by atoms with Crippen LogP contribution in [0.1, 0.15) is 64.5 Å². The molecule has 0 fully saturated rings. The van der Waals surface area contributed by atoms with Crippen molar-refractivity contribution in [3.05, 3.63) is 11.8 Å². The molecule has 0 unspecified atom stereocenters. The molecule has 0 aliphatic heterocycles. The molecule has 0 radical (unpaired) electrons. The van der Waals surface area contributed by atoms with Gasteiger partial charge in [-0.25, -0.2) is 4.98 Å². The van der Waals surface area contributed by atoms with Gasteiger partial charge < -0.3 is 10.6 Å². The zero-order valence-electron chi connectivity index (χ0n) is 13.3. The third-order valence-corrected chi connectivity index (χ3v) is 3.22. The van der Waals surface area contributed by atoms with Crippen LogP contribution in [0.5, 0.6) is 0 Å². The summed E-state index contributed by atoms with van der Waals surface area (Å²) in [6.07, 6.45) is 8.96. The molecule has 0 atom stereocenters. The number of nitrogens with one attached hydrogen (secondary N) is 2. The maximum absolute atomic E-state index is 4.48. The van der Waals surface area contributed by atoms with E-state index in [4.69, 9.17) is 0 Å². The molecule has 0 bridgehead atoms. The summed E-state index contributed by atoms with van der Waals surface area (Å²) in [4.78, 5) is 8.91. The summed E-state index contributed by atoms with van der Waals surface area (Å²) >= 11 is 0. The average molecular weight is 278 g/mol. The van der Waals surface area contributed by atoms with Crippen LogP contribution < -0.4 is 10.6 Å². The van der Waals surface area contributed by atoms with Gasteiger partial charge in [0.05, 0.1) is 0 Å². The Morgan fingerprint density at radius 3 is 2.35 bits per heavy atom. The van der Waals surface area contributed by atoms with Crippen molar-refractivity contribution in [3.63, 3.8) is 0 Å². The van der Waals surface area contributed by atoms with Crippen LogP contribution in [-0.2, 0) is 0 Å². The molecule has 2 N–H and O–H groups in total. The van der Waals surface area contributed by atoms with E-state index in [1.807, 2.05) is 13.0 Å². The van der Waals surface area contributed by atoms with Gasteiger partial charge in [0.15, 0.2) is 0 Å². The summed E-state index contributed by atoms with van der Waals surface area (Å²) in [6, 6.07) is 1.99. The second kappa shape index (κ2) is 10.5. The van der Waals surface area contributed by atoms with Crippen LogP contribution in [0.4, 0.5) is 11.8 Å². The summed E-state index contributed by atoms with van der Waals surface area (Å²) in [5, 5.41) is 6.64. The summed E-state index contributed by atoms with van der Waals surface area (Å²) in [6.45, 7) is 8.32. The Morgan fingerprint density at radius 2 is 1.60 bits per heavy atom. The number of hydrogen-bond acceptors (Lipinski definition) is 4. The van der Waals surface area contributed by atoms with Gasteiger partial charge in [-0.1, -0.05) is 46.0 Å². The molecule has 0 amide bonds. The van der Waals surface area contributed by atoms with E-state index in [9.17, 15) is 0 Å². The second-order valence-electron chi connectivity index (χ2n) is 5.34. The van der Waals surface area contributed by atoms with Crippen LogP contribution in [0.2, 0.25) is 0 Å². The fraction of sp³-hybridized carbons (Fsp3) is 0.750. The van der Waals surface area contributed by atoms with Gasteiger partial charge in [-0.15, -0.1) is 0 Å². The molecule has 1 rings (SSSR count). The standard InChI is InChI=1S/C16H30N4/c1-4-6-7-8-9-10-12-18-16-19-14(3)13-15(20-16)17-11-5-2/h13H,4-12H2,1-3H3,(H2,17,18,19,20). The lowest BCUT2D eigenvalue weighted by Gasteiger charge is -2.09. The Balaban J connectivity index is 2.26. The van der Waals surface area contributed by atoms with Crippen molar-refractivity contribution in [1.29, 1.82) is 0 Å². The number of unbranched alkanes of at least 4 members (excludes halogenated alkanes) is 5. The van der Waals surface area contributed by atoms with E-state index in [1.165, 1.54) is 38.5 Å². The number of rotatable bonds is 11. The molecule has 0 saturated carbocycles. The summed E-state index contributed by atoms with van der Waals surface area (Å²) < 4.78 is 0. The lowest BCUT2D eigenvalue weighted by molar-refractivity contribution is 0.616. The number of aryl methyl sites for hydroxylation is 1. The van der Waals surface area contributed by atoms with Crippen molar-refractivity contribution in [1.82, 2.24) is 9.97 Å². The predicted molar refractivity (Wildman–Crippen MR) is 87.4 cm³/mol. The Hall–Kier alpha value is -1.32. The normalized spacial score (nSPS) is 10.6. The molecular weight excluding hydrogens is 248 g/mol. The summed E-state index contributed by atoms with van der Waals surface area (Å²) in [7, 11) is 0. The Morgan fingerprint density at radius 1 is 0.850 bits per heavy atom. The predicted octanol–water partition coefficient (Wildman–Crippen LogP) is 4.38. The van der Waals surface area contributed by atoms with Crippen molar-refractivity contribution in [2.75, 3.05) is 23.7 Å². The van der Waals surface area contributed by atoms with E-state index < -0.39 is 0 Å². The van der Waals surface area contributed by atoms with Crippen LogP contribution in [0, 0.1) is 6.92 Å². The highest BCUT2D eigenvalue weighted by Gasteiger charge is 2.01. The van der Waals surface area contributed by atoms with Crippen molar-refractivity contribution < 1.29 is 0 Å². The van der Waals surface area contributed by atoms with E-state index >= 15 is 0 Å².